The van der Waals surface area contributed by atoms with E-state index in [0.29, 0.717) is 16.0 Å². The summed E-state index contributed by atoms with van der Waals surface area (Å²) in [5, 5.41) is 9.71. The Hall–Kier alpha value is -2.02. The van der Waals surface area contributed by atoms with E-state index in [0.717, 1.165) is 17.5 Å². The highest BCUT2D eigenvalue weighted by Gasteiger charge is 2.15. The van der Waals surface area contributed by atoms with Crippen LogP contribution in [-0.2, 0) is 0 Å². The molecule has 0 aliphatic heterocycles. The molecule has 0 amide bonds. The van der Waals surface area contributed by atoms with Gasteiger partial charge in [-0.2, -0.15) is 0 Å². The Morgan fingerprint density at radius 2 is 2.22 bits per heavy atom. The quantitative estimate of drug-likeness (QED) is 0.876. The van der Waals surface area contributed by atoms with Gasteiger partial charge in [0.1, 0.15) is 10.8 Å². The zero-order chi connectivity index (χ0) is 13.3. The predicted octanol–water partition coefficient (Wildman–Crippen LogP) is 2.12. The van der Waals surface area contributed by atoms with Crippen LogP contribution in [0.25, 0.3) is 0 Å². The molecule has 0 radical (unpaired) electrons. The molecule has 0 saturated carbocycles. The third-order valence-electron chi connectivity index (χ3n) is 2.38. The lowest BCUT2D eigenvalue weighted by Crippen LogP contribution is -2.04. The maximum atomic E-state index is 10.9. The van der Waals surface area contributed by atoms with Gasteiger partial charge >= 0.3 is 5.97 Å². The van der Waals surface area contributed by atoms with Crippen molar-refractivity contribution in [2.75, 3.05) is 5.73 Å². The van der Waals surface area contributed by atoms with Crippen molar-refractivity contribution >= 4 is 23.4 Å². The fraction of sp³-hybridized carbons (Fsp3) is 0.182. The van der Waals surface area contributed by atoms with E-state index in [9.17, 15) is 4.79 Å². The van der Waals surface area contributed by atoms with Crippen LogP contribution in [0.1, 0.15) is 21.8 Å². The van der Waals surface area contributed by atoms with Gasteiger partial charge in [-0.1, -0.05) is 0 Å². The van der Waals surface area contributed by atoms with E-state index in [2.05, 4.69) is 9.97 Å². The first-order valence-corrected chi connectivity index (χ1v) is 5.90. The third kappa shape index (κ3) is 2.30. The number of hydrogen-bond donors (Lipinski definition) is 2. The van der Waals surface area contributed by atoms with Gasteiger partial charge in [0.15, 0.2) is 0 Å². The molecule has 0 unspecified atom stereocenters. The lowest BCUT2D eigenvalue weighted by molar-refractivity contribution is 0.0697. The van der Waals surface area contributed by atoms with Crippen LogP contribution in [0.4, 0.5) is 5.69 Å². The molecular formula is C11H11N3O3S. The van der Waals surface area contributed by atoms with Crippen LogP contribution >= 0.6 is 11.8 Å². The number of aryl methyl sites for hydroxylation is 2. The van der Waals surface area contributed by atoms with Gasteiger partial charge in [-0.05, 0) is 31.7 Å². The first-order valence-electron chi connectivity index (χ1n) is 5.08. The van der Waals surface area contributed by atoms with Crippen molar-refractivity contribution in [3.63, 3.8) is 0 Å². The Balaban J connectivity index is 2.35. The first-order chi connectivity index (χ1) is 8.49. The van der Waals surface area contributed by atoms with E-state index in [1.807, 2.05) is 6.92 Å². The Morgan fingerprint density at radius 3 is 2.78 bits per heavy atom. The number of carboxylic acid groups (broad SMARTS) is 1. The standard InChI is InChI=1S/C11H11N3O3S/c1-5-6(2)17-11(14-5)18-9-8(12)7(10(15)16)3-4-13-9/h3-4H,12H2,1-2H3,(H,15,16). The minimum atomic E-state index is -1.09. The molecule has 18 heavy (non-hydrogen) atoms. The van der Waals surface area contributed by atoms with Gasteiger partial charge in [0.25, 0.3) is 5.22 Å². The van der Waals surface area contributed by atoms with E-state index >= 15 is 0 Å². The molecule has 3 N–H and O–H groups in total. The van der Waals surface area contributed by atoms with Crippen molar-refractivity contribution in [2.45, 2.75) is 24.1 Å². The number of oxazole rings is 1. The lowest BCUT2D eigenvalue weighted by Gasteiger charge is -2.04. The first kappa shape index (κ1) is 12.4. The van der Waals surface area contributed by atoms with E-state index < -0.39 is 5.97 Å². The number of rotatable bonds is 3. The number of pyridine rings is 1. The second kappa shape index (κ2) is 4.69. The van der Waals surface area contributed by atoms with Crippen LogP contribution in [0.5, 0.6) is 0 Å². The van der Waals surface area contributed by atoms with Crippen molar-refractivity contribution in [1.29, 1.82) is 0 Å². The van der Waals surface area contributed by atoms with Gasteiger partial charge in [-0.25, -0.2) is 14.8 Å². The summed E-state index contributed by atoms with van der Waals surface area (Å²) in [6.07, 6.45) is 1.39. The molecule has 0 aromatic carbocycles. The summed E-state index contributed by atoms with van der Waals surface area (Å²) in [6, 6.07) is 1.35. The van der Waals surface area contributed by atoms with Crippen LogP contribution < -0.4 is 5.73 Å². The molecule has 0 aliphatic rings. The number of nitrogen functional groups attached to an aromatic ring is 1. The summed E-state index contributed by atoms with van der Waals surface area (Å²) in [7, 11) is 0. The Labute approximate surface area is 107 Å². The molecule has 0 atom stereocenters. The number of carboxylic acids is 1. The van der Waals surface area contributed by atoms with Gasteiger partial charge in [-0.3, -0.25) is 0 Å². The van der Waals surface area contributed by atoms with E-state index in [-0.39, 0.29) is 11.3 Å². The largest absolute Gasteiger partial charge is 0.478 e. The molecule has 2 aromatic heterocycles. The molecule has 6 nitrogen and oxygen atoms in total. The number of carbonyl (C=O) groups is 1. The third-order valence-corrected chi connectivity index (χ3v) is 3.24. The lowest BCUT2D eigenvalue weighted by atomic mass is 10.2. The molecule has 7 heteroatoms. The van der Waals surface area contributed by atoms with Gasteiger partial charge in [0, 0.05) is 6.20 Å². The van der Waals surface area contributed by atoms with Crippen LogP contribution in [-0.4, -0.2) is 21.0 Å². The van der Waals surface area contributed by atoms with Crippen LogP contribution in [0.3, 0.4) is 0 Å². The van der Waals surface area contributed by atoms with Crippen molar-refractivity contribution in [3.8, 4) is 0 Å². The molecule has 0 aliphatic carbocycles. The van der Waals surface area contributed by atoms with Crippen LogP contribution in [0, 0.1) is 13.8 Å². The van der Waals surface area contributed by atoms with Gasteiger partial charge in [0.2, 0.25) is 0 Å². The van der Waals surface area contributed by atoms with Gasteiger partial charge in [0.05, 0.1) is 16.9 Å². The summed E-state index contributed by atoms with van der Waals surface area (Å²) >= 11 is 1.10. The zero-order valence-corrected chi connectivity index (χ0v) is 10.6. The Morgan fingerprint density at radius 1 is 1.50 bits per heavy atom. The molecular weight excluding hydrogens is 254 g/mol. The molecule has 94 valence electrons. The van der Waals surface area contributed by atoms with Crippen molar-refractivity contribution < 1.29 is 14.3 Å². The van der Waals surface area contributed by atoms with E-state index in [4.69, 9.17) is 15.3 Å². The molecule has 0 bridgehead atoms. The summed E-state index contributed by atoms with van der Waals surface area (Å²) < 4.78 is 5.38. The summed E-state index contributed by atoms with van der Waals surface area (Å²) in [4.78, 5) is 19.1. The second-order valence-electron chi connectivity index (χ2n) is 3.61. The van der Waals surface area contributed by atoms with E-state index in [1.54, 1.807) is 6.92 Å². The maximum Gasteiger partial charge on any atom is 0.337 e. The minimum Gasteiger partial charge on any atom is -0.478 e. The molecule has 2 heterocycles. The monoisotopic (exact) mass is 265 g/mol. The number of aromatic nitrogens is 2. The zero-order valence-electron chi connectivity index (χ0n) is 9.80. The number of nitrogens with two attached hydrogens (primary N) is 1. The average molecular weight is 265 g/mol. The number of aromatic carboxylic acids is 1. The molecule has 2 rings (SSSR count). The summed E-state index contributed by atoms with van der Waals surface area (Å²) in [6.45, 7) is 3.63. The van der Waals surface area contributed by atoms with Crippen LogP contribution in [0.2, 0.25) is 0 Å². The van der Waals surface area contributed by atoms with Crippen molar-refractivity contribution in [1.82, 2.24) is 9.97 Å². The normalized spacial score (nSPS) is 10.6. The molecule has 0 saturated heterocycles. The van der Waals surface area contributed by atoms with E-state index in [1.165, 1.54) is 12.3 Å². The molecule has 0 fully saturated rings. The summed E-state index contributed by atoms with van der Waals surface area (Å²) in [5.74, 6) is -0.373. The number of hydrogen-bond acceptors (Lipinski definition) is 6. The van der Waals surface area contributed by atoms with Gasteiger partial charge in [-0.15, -0.1) is 0 Å². The maximum absolute atomic E-state index is 10.9. The number of nitrogens with zero attached hydrogens (tertiary/aromatic N) is 2. The van der Waals surface area contributed by atoms with Gasteiger partial charge < -0.3 is 15.3 Å². The molecule has 0 spiro atoms. The highest BCUT2D eigenvalue weighted by molar-refractivity contribution is 7.99. The highest BCUT2D eigenvalue weighted by atomic mass is 32.2. The predicted molar refractivity (Wildman–Crippen MR) is 65.7 cm³/mol. The highest BCUT2D eigenvalue weighted by Crippen LogP contribution is 2.32. The Kier molecular flexibility index (Phi) is 3.24. The molecule has 2 aromatic rings. The average Bonchev–Trinajstić information content (AvgIpc) is 2.60. The Bertz CT molecular complexity index is 590. The SMILES string of the molecule is Cc1nc(Sc2nccc(C(=O)O)c2N)oc1C. The van der Waals surface area contributed by atoms with Crippen LogP contribution in [0.15, 0.2) is 26.9 Å². The number of anilines is 1. The summed E-state index contributed by atoms with van der Waals surface area (Å²) in [5.41, 5.74) is 6.66. The van der Waals surface area contributed by atoms with Crippen molar-refractivity contribution in [2.24, 2.45) is 0 Å². The smallest absolute Gasteiger partial charge is 0.337 e. The second-order valence-corrected chi connectivity index (χ2v) is 4.55. The fourth-order valence-corrected chi connectivity index (χ4v) is 2.14. The van der Waals surface area contributed by atoms with Crippen molar-refractivity contribution in [3.05, 3.63) is 29.3 Å². The minimum absolute atomic E-state index is 0.0208. The topological polar surface area (TPSA) is 102 Å². The fourth-order valence-electron chi connectivity index (χ4n) is 1.29.